The van der Waals surface area contributed by atoms with Gasteiger partial charge >= 0.3 is 12.1 Å². The number of aryl methyl sites for hydroxylation is 1. The Kier molecular flexibility index (Phi) is 6.78. The number of alkyl halides is 3. The Morgan fingerprint density at radius 2 is 1.91 bits per heavy atom. The first kappa shape index (κ1) is 23.2. The lowest BCUT2D eigenvalue weighted by atomic mass is 10.1. The van der Waals surface area contributed by atoms with Crippen LogP contribution in [-0.2, 0) is 15.8 Å². The van der Waals surface area contributed by atoms with Crippen LogP contribution in [0.15, 0.2) is 46.3 Å². The van der Waals surface area contributed by atoms with E-state index in [0.717, 1.165) is 17.8 Å². The molecule has 32 heavy (non-hydrogen) atoms. The molecule has 0 atom stereocenters. The molecule has 7 nitrogen and oxygen atoms in total. The molecule has 1 fully saturated rings. The van der Waals surface area contributed by atoms with Crippen LogP contribution < -0.4 is 14.8 Å². The van der Waals surface area contributed by atoms with Crippen LogP contribution >= 0.6 is 11.8 Å². The van der Waals surface area contributed by atoms with Crippen molar-refractivity contribution in [2.45, 2.75) is 13.1 Å². The predicted octanol–water partition coefficient (Wildman–Crippen LogP) is 4.46. The molecule has 3 rings (SSSR count). The molecule has 0 bridgehead atoms. The zero-order valence-corrected chi connectivity index (χ0v) is 17.6. The SMILES string of the molecule is COc1cc(/C=C2\SC(=NCC(=O)O)NC2=O)ccc1Oc1ccc(C)cc1C(F)(F)F. The molecule has 0 unspecified atom stereocenters. The second kappa shape index (κ2) is 9.35. The van der Waals surface area contributed by atoms with Crippen molar-refractivity contribution in [3.05, 3.63) is 58.0 Å². The minimum Gasteiger partial charge on any atom is -0.493 e. The van der Waals surface area contributed by atoms with Crippen molar-refractivity contribution in [3.63, 3.8) is 0 Å². The van der Waals surface area contributed by atoms with Crippen molar-refractivity contribution in [2.75, 3.05) is 13.7 Å². The summed E-state index contributed by atoms with van der Waals surface area (Å²) in [5.41, 5.74) is 0.0569. The largest absolute Gasteiger partial charge is 0.493 e. The zero-order chi connectivity index (χ0) is 23.5. The fourth-order valence-electron chi connectivity index (χ4n) is 2.72. The maximum atomic E-state index is 13.4. The predicted molar refractivity (Wildman–Crippen MR) is 113 cm³/mol. The van der Waals surface area contributed by atoms with Crippen molar-refractivity contribution < 1.29 is 37.3 Å². The highest BCUT2D eigenvalue weighted by atomic mass is 32.2. The number of carboxylic acid groups (broad SMARTS) is 1. The van der Waals surface area contributed by atoms with Crippen LogP contribution in [0.25, 0.3) is 6.08 Å². The summed E-state index contributed by atoms with van der Waals surface area (Å²) in [6.45, 7) is 1.07. The zero-order valence-electron chi connectivity index (χ0n) is 16.8. The molecule has 1 aliphatic rings. The van der Waals surface area contributed by atoms with Crippen molar-refractivity contribution in [1.82, 2.24) is 5.32 Å². The standard InChI is InChI=1S/C21H17F3N2O5S/c1-11-3-5-14(13(7-11)21(22,23)24)31-15-6-4-12(8-16(15)30-2)9-17-19(29)26-20(32-17)25-10-18(27)28/h3-9H,10H2,1-2H3,(H,27,28)(H,25,26,29)/b17-9-. The number of nitrogens with one attached hydrogen (secondary N) is 1. The molecule has 1 amide bonds. The summed E-state index contributed by atoms with van der Waals surface area (Å²) in [4.78, 5) is 26.7. The van der Waals surface area contributed by atoms with E-state index in [9.17, 15) is 22.8 Å². The molecule has 0 aliphatic carbocycles. The minimum atomic E-state index is -4.59. The number of aliphatic imine (C=N–C) groups is 1. The number of amidine groups is 1. The number of methoxy groups -OCH3 is 1. The molecule has 1 aliphatic heterocycles. The topological polar surface area (TPSA) is 97.2 Å². The van der Waals surface area contributed by atoms with Gasteiger partial charge in [-0.2, -0.15) is 13.2 Å². The molecule has 168 valence electrons. The fourth-order valence-corrected chi connectivity index (χ4v) is 3.54. The van der Waals surface area contributed by atoms with E-state index in [1.165, 1.54) is 37.5 Å². The van der Waals surface area contributed by atoms with E-state index in [1.807, 2.05) is 0 Å². The third kappa shape index (κ3) is 5.61. The first-order chi connectivity index (χ1) is 15.1. The number of halogens is 3. The molecule has 1 heterocycles. The van der Waals surface area contributed by atoms with E-state index in [0.29, 0.717) is 11.1 Å². The maximum absolute atomic E-state index is 13.4. The number of carbonyl (C=O) groups excluding carboxylic acids is 1. The summed E-state index contributed by atoms with van der Waals surface area (Å²) in [7, 11) is 1.34. The first-order valence-electron chi connectivity index (χ1n) is 9.07. The van der Waals surface area contributed by atoms with Crippen LogP contribution in [0.4, 0.5) is 13.2 Å². The van der Waals surface area contributed by atoms with Gasteiger partial charge in [0.05, 0.1) is 17.6 Å². The maximum Gasteiger partial charge on any atom is 0.419 e. The van der Waals surface area contributed by atoms with Gasteiger partial charge in [0.1, 0.15) is 12.3 Å². The Balaban J connectivity index is 1.87. The number of ether oxygens (including phenoxy) is 2. The number of hydrogen-bond acceptors (Lipinski definition) is 6. The van der Waals surface area contributed by atoms with Gasteiger partial charge < -0.3 is 19.9 Å². The number of rotatable bonds is 6. The number of aliphatic carboxylic acids is 1. The van der Waals surface area contributed by atoms with Crippen molar-refractivity contribution in [3.8, 4) is 17.2 Å². The molecule has 1 saturated heterocycles. The van der Waals surface area contributed by atoms with Gasteiger partial charge in [-0.25, -0.2) is 0 Å². The van der Waals surface area contributed by atoms with E-state index >= 15 is 0 Å². The fraction of sp³-hybridized carbons (Fsp3) is 0.190. The number of carbonyl (C=O) groups is 2. The Morgan fingerprint density at radius 1 is 1.19 bits per heavy atom. The quantitative estimate of drug-likeness (QED) is 0.611. The Labute approximate surface area is 184 Å². The Morgan fingerprint density at radius 3 is 2.56 bits per heavy atom. The van der Waals surface area contributed by atoms with Crippen LogP contribution in [0.3, 0.4) is 0 Å². The Hall–Kier alpha value is -3.47. The van der Waals surface area contributed by atoms with Gasteiger partial charge in [-0.15, -0.1) is 0 Å². The van der Waals surface area contributed by atoms with Gasteiger partial charge in [-0.1, -0.05) is 17.7 Å². The minimum absolute atomic E-state index is 0.0660. The molecule has 0 radical (unpaired) electrons. The molecule has 11 heteroatoms. The third-order valence-corrected chi connectivity index (χ3v) is 5.10. The molecule has 0 saturated carbocycles. The number of hydrogen-bond donors (Lipinski definition) is 2. The second-order valence-electron chi connectivity index (χ2n) is 6.59. The number of amides is 1. The summed E-state index contributed by atoms with van der Waals surface area (Å²) >= 11 is 0.972. The highest BCUT2D eigenvalue weighted by Crippen LogP contribution is 2.41. The van der Waals surface area contributed by atoms with Crippen LogP contribution in [0.1, 0.15) is 16.7 Å². The van der Waals surface area contributed by atoms with Crippen molar-refractivity contribution >= 4 is 34.9 Å². The van der Waals surface area contributed by atoms with Gasteiger partial charge in [-0.05, 0) is 54.6 Å². The summed E-state index contributed by atoms with van der Waals surface area (Å²) < 4.78 is 50.9. The average molecular weight is 466 g/mol. The molecule has 2 N–H and O–H groups in total. The second-order valence-corrected chi connectivity index (χ2v) is 7.62. The number of thioether (sulfide) groups is 1. The van der Waals surface area contributed by atoms with E-state index in [1.54, 1.807) is 13.0 Å². The van der Waals surface area contributed by atoms with Gasteiger partial charge in [0.15, 0.2) is 16.7 Å². The number of carboxylic acids is 1. The van der Waals surface area contributed by atoms with Gasteiger partial charge in [0.2, 0.25) is 0 Å². The first-order valence-corrected chi connectivity index (χ1v) is 9.89. The van der Waals surface area contributed by atoms with E-state index in [-0.39, 0.29) is 27.3 Å². The van der Waals surface area contributed by atoms with Crippen LogP contribution in [0.5, 0.6) is 17.2 Å². The molecule has 0 spiro atoms. The number of nitrogens with zero attached hydrogens (tertiary/aromatic N) is 1. The smallest absolute Gasteiger partial charge is 0.419 e. The molecular weight excluding hydrogens is 449 g/mol. The monoisotopic (exact) mass is 466 g/mol. The summed E-state index contributed by atoms with van der Waals surface area (Å²) in [5.74, 6) is -1.72. The molecule has 0 aromatic heterocycles. The molecule has 2 aromatic carbocycles. The molecular formula is C21H17F3N2O5S. The van der Waals surface area contributed by atoms with Crippen molar-refractivity contribution in [1.29, 1.82) is 0 Å². The lowest BCUT2D eigenvalue weighted by Gasteiger charge is -2.16. The van der Waals surface area contributed by atoms with E-state index in [2.05, 4.69) is 10.3 Å². The van der Waals surface area contributed by atoms with E-state index in [4.69, 9.17) is 14.6 Å². The highest BCUT2D eigenvalue weighted by Gasteiger charge is 2.35. The molecule has 2 aromatic rings. The highest BCUT2D eigenvalue weighted by molar-refractivity contribution is 8.18. The lowest BCUT2D eigenvalue weighted by Crippen LogP contribution is -2.20. The Bertz CT molecular complexity index is 1130. The van der Waals surface area contributed by atoms with Crippen LogP contribution in [0, 0.1) is 6.92 Å². The summed E-state index contributed by atoms with van der Waals surface area (Å²) in [5, 5.41) is 11.3. The lowest BCUT2D eigenvalue weighted by molar-refractivity contribution is -0.138. The summed E-state index contributed by atoms with van der Waals surface area (Å²) in [6, 6.07) is 8.24. The number of benzene rings is 2. The normalized spacial score (nSPS) is 16.3. The van der Waals surface area contributed by atoms with Gasteiger partial charge in [0, 0.05) is 0 Å². The van der Waals surface area contributed by atoms with Gasteiger partial charge in [0.25, 0.3) is 5.91 Å². The summed E-state index contributed by atoms with van der Waals surface area (Å²) in [6.07, 6.45) is -3.07. The third-order valence-electron chi connectivity index (χ3n) is 4.15. The van der Waals surface area contributed by atoms with Crippen LogP contribution in [-0.4, -0.2) is 35.8 Å². The van der Waals surface area contributed by atoms with Crippen molar-refractivity contribution in [2.24, 2.45) is 4.99 Å². The average Bonchev–Trinajstić information content (AvgIpc) is 3.07. The van der Waals surface area contributed by atoms with Crippen LogP contribution in [0.2, 0.25) is 0 Å². The van der Waals surface area contributed by atoms with E-state index < -0.39 is 30.2 Å². The van der Waals surface area contributed by atoms with Gasteiger partial charge in [-0.3, -0.25) is 14.6 Å².